The van der Waals surface area contributed by atoms with Crippen LogP contribution in [0, 0.1) is 0 Å². The number of aromatic nitrogens is 3. The van der Waals surface area contributed by atoms with Crippen molar-refractivity contribution < 1.29 is 0 Å². The number of nitrogens with two attached hydrogens (primary N) is 1. The first-order valence-electron chi connectivity index (χ1n) is 5.51. The number of benzene rings is 1. The second-order valence-corrected chi connectivity index (χ2v) is 3.72. The predicted molar refractivity (Wildman–Crippen MR) is 62.7 cm³/mol. The van der Waals surface area contributed by atoms with Crippen molar-refractivity contribution in [2.24, 2.45) is 5.73 Å². The van der Waals surface area contributed by atoms with E-state index in [1.807, 2.05) is 10.7 Å². The fraction of sp³-hybridized carbons (Fsp3) is 0.333. The number of hydrogen-bond donors (Lipinski definition) is 1. The highest BCUT2D eigenvalue weighted by Gasteiger charge is 1.98. The zero-order valence-corrected chi connectivity index (χ0v) is 9.21. The van der Waals surface area contributed by atoms with E-state index in [0.717, 1.165) is 19.4 Å². The van der Waals surface area contributed by atoms with Crippen LogP contribution in [0.3, 0.4) is 0 Å². The standard InChI is InChI=1S/C12H16N4/c13-9-12-14-10-16(15-12)8-4-7-11-5-2-1-3-6-11/h1-3,5-6,10H,4,7-9,13H2. The van der Waals surface area contributed by atoms with Crippen molar-refractivity contribution in [3.63, 3.8) is 0 Å². The summed E-state index contributed by atoms with van der Waals surface area (Å²) in [6, 6.07) is 10.5. The maximum Gasteiger partial charge on any atom is 0.164 e. The number of hydrogen-bond acceptors (Lipinski definition) is 3. The maximum absolute atomic E-state index is 5.44. The molecule has 0 unspecified atom stereocenters. The Labute approximate surface area is 95.1 Å². The van der Waals surface area contributed by atoms with Gasteiger partial charge in [-0.25, -0.2) is 4.98 Å². The highest BCUT2D eigenvalue weighted by molar-refractivity contribution is 5.14. The molecule has 0 fully saturated rings. The van der Waals surface area contributed by atoms with Crippen LogP contribution >= 0.6 is 0 Å². The predicted octanol–water partition coefficient (Wildman–Crippen LogP) is 1.37. The van der Waals surface area contributed by atoms with E-state index < -0.39 is 0 Å². The molecule has 16 heavy (non-hydrogen) atoms. The smallest absolute Gasteiger partial charge is 0.164 e. The van der Waals surface area contributed by atoms with Crippen LogP contribution in [0.15, 0.2) is 36.7 Å². The summed E-state index contributed by atoms with van der Waals surface area (Å²) in [6.07, 6.45) is 3.88. The summed E-state index contributed by atoms with van der Waals surface area (Å²) in [5, 5.41) is 4.24. The zero-order valence-electron chi connectivity index (χ0n) is 9.21. The maximum atomic E-state index is 5.44. The first kappa shape index (κ1) is 10.8. The van der Waals surface area contributed by atoms with Gasteiger partial charge in [0.1, 0.15) is 6.33 Å². The average molecular weight is 216 g/mol. The molecular formula is C12H16N4. The van der Waals surface area contributed by atoms with Gasteiger partial charge in [-0.1, -0.05) is 30.3 Å². The molecule has 2 N–H and O–H groups in total. The van der Waals surface area contributed by atoms with Crippen LogP contribution in [0.2, 0.25) is 0 Å². The Kier molecular flexibility index (Phi) is 3.66. The Balaban J connectivity index is 1.80. The molecule has 0 aliphatic rings. The van der Waals surface area contributed by atoms with Crippen LogP contribution in [0.25, 0.3) is 0 Å². The fourth-order valence-corrected chi connectivity index (χ4v) is 1.62. The Morgan fingerprint density at radius 3 is 2.69 bits per heavy atom. The molecule has 0 saturated carbocycles. The number of nitrogens with zero attached hydrogens (tertiary/aromatic N) is 3. The Bertz CT molecular complexity index is 422. The van der Waals surface area contributed by atoms with Gasteiger partial charge in [0.15, 0.2) is 5.82 Å². The van der Waals surface area contributed by atoms with Crippen molar-refractivity contribution in [2.45, 2.75) is 25.9 Å². The summed E-state index contributed by atoms with van der Waals surface area (Å²) in [5.41, 5.74) is 6.81. The van der Waals surface area contributed by atoms with Gasteiger partial charge in [-0.2, -0.15) is 5.10 Å². The second-order valence-electron chi connectivity index (χ2n) is 3.72. The molecule has 2 rings (SSSR count). The third kappa shape index (κ3) is 2.90. The van der Waals surface area contributed by atoms with Crippen LogP contribution in [0.5, 0.6) is 0 Å². The van der Waals surface area contributed by atoms with E-state index in [1.54, 1.807) is 6.33 Å². The van der Waals surface area contributed by atoms with Gasteiger partial charge in [0.05, 0.1) is 6.54 Å². The lowest BCUT2D eigenvalue weighted by atomic mass is 10.1. The van der Waals surface area contributed by atoms with Crippen molar-refractivity contribution in [1.29, 1.82) is 0 Å². The van der Waals surface area contributed by atoms with E-state index in [4.69, 9.17) is 5.73 Å². The van der Waals surface area contributed by atoms with Crippen LogP contribution in [0.4, 0.5) is 0 Å². The molecule has 1 heterocycles. The molecule has 0 radical (unpaired) electrons. The summed E-state index contributed by atoms with van der Waals surface area (Å²) < 4.78 is 1.85. The quantitative estimate of drug-likeness (QED) is 0.821. The molecule has 0 aliphatic carbocycles. The molecule has 2 aromatic rings. The van der Waals surface area contributed by atoms with Crippen LogP contribution in [-0.4, -0.2) is 14.8 Å². The van der Waals surface area contributed by atoms with Crippen molar-refractivity contribution >= 4 is 0 Å². The average Bonchev–Trinajstić information content (AvgIpc) is 2.78. The third-order valence-corrected chi connectivity index (χ3v) is 2.46. The molecule has 0 bridgehead atoms. The van der Waals surface area contributed by atoms with E-state index in [0.29, 0.717) is 12.4 Å². The second kappa shape index (κ2) is 5.42. The first-order valence-corrected chi connectivity index (χ1v) is 5.51. The van der Waals surface area contributed by atoms with Gasteiger partial charge in [-0.3, -0.25) is 4.68 Å². The summed E-state index contributed by atoms with van der Waals surface area (Å²) in [6.45, 7) is 1.30. The van der Waals surface area contributed by atoms with Crippen molar-refractivity contribution in [2.75, 3.05) is 0 Å². The van der Waals surface area contributed by atoms with E-state index in [2.05, 4.69) is 34.3 Å². The normalized spacial score (nSPS) is 10.6. The van der Waals surface area contributed by atoms with Gasteiger partial charge in [-0.05, 0) is 18.4 Å². The van der Waals surface area contributed by atoms with Gasteiger partial charge < -0.3 is 5.73 Å². The van der Waals surface area contributed by atoms with Gasteiger partial charge in [0.25, 0.3) is 0 Å². The molecule has 4 heteroatoms. The molecule has 0 atom stereocenters. The van der Waals surface area contributed by atoms with Crippen LogP contribution in [-0.2, 0) is 19.5 Å². The van der Waals surface area contributed by atoms with Gasteiger partial charge in [0, 0.05) is 6.54 Å². The third-order valence-electron chi connectivity index (χ3n) is 2.46. The van der Waals surface area contributed by atoms with Gasteiger partial charge in [-0.15, -0.1) is 0 Å². The van der Waals surface area contributed by atoms with Crippen molar-refractivity contribution in [1.82, 2.24) is 14.8 Å². The highest BCUT2D eigenvalue weighted by atomic mass is 15.3. The lowest BCUT2D eigenvalue weighted by Crippen LogP contribution is -2.03. The molecular weight excluding hydrogens is 200 g/mol. The summed E-state index contributed by atoms with van der Waals surface area (Å²) in [4.78, 5) is 4.09. The van der Waals surface area contributed by atoms with Gasteiger partial charge >= 0.3 is 0 Å². The first-order chi connectivity index (χ1) is 7.88. The molecule has 0 aliphatic heterocycles. The molecule has 84 valence electrons. The fourth-order valence-electron chi connectivity index (χ4n) is 1.62. The molecule has 1 aromatic carbocycles. The molecule has 1 aromatic heterocycles. The van der Waals surface area contributed by atoms with E-state index in [1.165, 1.54) is 5.56 Å². The lowest BCUT2D eigenvalue weighted by molar-refractivity contribution is 0.571. The van der Waals surface area contributed by atoms with Gasteiger partial charge in [0.2, 0.25) is 0 Å². The Hall–Kier alpha value is -1.68. The molecule has 0 spiro atoms. The highest BCUT2D eigenvalue weighted by Crippen LogP contribution is 2.03. The van der Waals surface area contributed by atoms with Crippen LogP contribution in [0.1, 0.15) is 17.8 Å². The summed E-state index contributed by atoms with van der Waals surface area (Å²) in [5.74, 6) is 0.708. The number of rotatable bonds is 5. The van der Waals surface area contributed by atoms with E-state index >= 15 is 0 Å². The molecule has 0 saturated heterocycles. The molecule has 0 amide bonds. The van der Waals surface area contributed by atoms with E-state index in [-0.39, 0.29) is 0 Å². The number of aryl methyl sites for hydroxylation is 2. The Morgan fingerprint density at radius 2 is 2.00 bits per heavy atom. The minimum atomic E-state index is 0.408. The zero-order chi connectivity index (χ0) is 11.2. The van der Waals surface area contributed by atoms with Crippen molar-refractivity contribution in [3.8, 4) is 0 Å². The summed E-state index contributed by atoms with van der Waals surface area (Å²) in [7, 11) is 0. The van der Waals surface area contributed by atoms with Crippen molar-refractivity contribution in [3.05, 3.63) is 48.0 Å². The van der Waals surface area contributed by atoms with E-state index in [9.17, 15) is 0 Å². The topological polar surface area (TPSA) is 56.7 Å². The minimum absolute atomic E-state index is 0.408. The Morgan fingerprint density at radius 1 is 1.19 bits per heavy atom. The lowest BCUT2D eigenvalue weighted by Gasteiger charge is -2.01. The molecule has 4 nitrogen and oxygen atoms in total. The largest absolute Gasteiger partial charge is 0.324 e. The SMILES string of the molecule is NCc1ncn(CCCc2ccccc2)n1. The minimum Gasteiger partial charge on any atom is -0.324 e. The summed E-state index contributed by atoms with van der Waals surface area (Å²) >= 11 is 0. The van der Waals surface area contributed by atoms with Crippen LogP contribution < -0.4 is 5.73 Å². The monoisotopic (exact) mass is 216 g/mol.